The predicted molar refractivity (Wildman–Crippen MR) is 52.5 cm³/mol. The highest BCUT2D eigenvalue weighted by molar-refractivity contribution is 7.26. The molecule has 0 spiro atoms. The molecule has 0 atom stereocenters. The first-order valence-electron chi connectivity index (χ1n) is 3.56. The quantitative estimate of drug-likeness (QED) is 0.760. The van der Waals surface area contributed by atoms with Crippen molar-refractivity contribution in [3.8, 4) is 0 Å². The van der Waals surface area contributed by atoms with Crippen molar-refractivity contribution in [3.05, 3.63) is 22.4 Å². The van der Waals surface area contributed by atoms with E-state index in [0.717, 1.165) is 13.0 Å². The Morgan fingerprint density at radius 1 is 1.36 bits per heavy atom. The second-order valence-electron chi connectivity index (χ2n) is 2.40. The van der Waals surface area contributed by atoms with Crippen molar-refractivity contribution in [2.75, 3.05) is 6.54 Å². The van der Waals surface area contributed by atoms with Crippen LogP contribution in [0.2, 0.25) is 0 Å². The van der Waals surface area contributed by atoms with Crippen LogP contribution < -0.4 is 5.73 Å². The Labute approximate surface area is 73.5 Å². The maximum atomic E-state index is 5.46. The zero-order valence-electron chi connectivity index (χ0n) is 6.04. The second-order valence-corrected chi connectivity index (χ2v) is 4.52. The fourth-order valence-corrected chi connectivity index (χ4v) is 3.23. The highest BCUT2D eigenvalue weighted by Crippen LogP contribution is 2.29. The lowest BCUT2D eigenvalue weighted by Gasteiger charge is -1.87. The molecule has 0 radical (unpaired) electrons. The summed E-state index contributed by atoms with van der Waals surface area (Å²) in [4.78, 5) is 1.41. The summed E-state index contributed by atoms with van der Waals surface area (Å²) in [6.45, 7) is 0.758. The van der Waals surface area contributed by atoms with Gasteiger partial charge in [-0.2, -0.15) is 0 Å². The van der Waals surface area contributed by atoms with E-state index < -0.39 is 0 Å². The van der Waals surface area contributed by atoms with Crippen LogP contribution in [0.25, 0.3) is 9.40 Å². The van der Waals surface area contributed by atoms with Gasteiger partial charge < -0.3 is 5.73 Å². The summed E-state index contributed by atoms with van der Waals surface area (Å²) in [6.07, 6.45) is 1.02. The molecule has 0 aliphatic heterocycles. The van der Waals surface area contributed by atoms with Gasteiger partial charge in [0.2, 0.25) is 0 Å². The summed E-state index contributed by atoms with van der Waals surface area (Å²) in [5.74, 6) is 0. The van der Waals surface area contributed by atoms with Gasteiger partial charge in [0.1, 0.15) is 0 Å². The lowest BCUT2D eigenvalue weighted by molar-refractivity contribution is 0.989. The van der Waals surface area contributed by atoms with Gasteiger partial charge in [-0.1, -0.05) is 0 Å². The molecule has 2 N–H and O–H groups in total. The summed E-state index contributed by atoms with van der Waals surface area (Å²) in [5, 5.41) is 2.13. The van der Waals surface area contributed by atoms with Gasteiger partial charge in [-0.25, -0.2) is 0 Å². The Hall–Kier alpha value is -0.380. The van der Waals surface area contributed by atoms with Gasteiger partial charge in [-0.05, 0) is 30.5 Å². The van der Waals surface area contributed by atoms with E-state index in [1.54, 1.807) is 11.3 Å². The van der Waals surface area contributed by atoms with E-state index in [4.69, 9.17) is 5.73 Å². The zero-order valence-corrected chi connectivity index (χ0v) is 7.67. The topological polar surface area (TPSA) is 26.0 Å². The third kappa shape index (κ3) is 1.31. The van der Waals surface area contributed by atoms with Crippen LogP contribution in [0.15, 0.2) is 17.5 Å². The van der Waals surface area contributed by atoms with E-state index in [9.17, 15) is 0 Å². The SMILES string of the molecule is NCCc1cc2sccc2s1. The van der Waals surface area contributed by atoms with E-state index >= 15 is 0 Å². The molecular weight excluding hydrogens is 174 g/mol. The number of nitrogens with two attached hydrogens (primary N) is 1. The first-order chi connectivity index (χ1) is 5.40. The third-order valence-corrected chi connectivity index (χ3v) is 3.73. The molecule has 0 aliphatic rings. The molecular formula is C8H9NS2. The van der Waals surface area contributed by atoms with Crippen LogP contribution in [0.4, 0.5) is 0 Å². The Morgan fingerprint density at radius 2 is 2.27 bits per heavy atom. The maximum Gasteiger partial charge on any atom is 0.0453 e. The highest BCUT2D eigenvalue weighted by atomic mass is 32.1. The van der Waals surface area contributed by atoms with Crippen LogP contribution in [-0.4, -0.2) is 6.54 Å². The van der Waals surface area contributed by atoms with Crippen molar-refractivity contribution < 1.29 is 0 Å². The van der Waals surface area contributed by atoms with Crippen LogP contribution in [-0.2, 0) is 6.42 Å². The normalized spacial score (nSPS) is 11.0. The number of hydrogen-bond donors (Lipinski definition) is 1. The lowest BCUT2D eigenvalue weighted by atomic mass is 10.3. The second kappa shape index (κ2) is 2.93. The molecule has 2 rings (SSSR count). The summed E-state index contributed by atoms with van der Waals surface area (Å²) in [6, 6.07) is 4.42. The summed E-state index contributed by atoms with van der Waals surface area (Å²) in [7, 11) is 0. The molecule has 11 heavy (non-hydrogen) atoms. The van der Waals surface area contributed by atoms with E-state index in [1.165, 1.54) is 14.3 Å². The minimum absolute atomic E-state index is 0.758. The lowest BCUT2D eigenvalue weighted by Crippen LogP contribution is -2.00. The van der Waals surface area contributed by atoms with Crippen molar-refractivity contribution >= 4 is 32.1 Å². The van der Waals surface area contributed by atoms with Crippen LogP contribution in [0.1, 0.15) is 4.88 Å². The smallest absolute Gasteiger partial charge is 0.0453 e. The Balaban J connectivity index is 2.42. The molecule has 0 unspecified atom stereocenters. The molecule has 0 amide bonds. The van der Waals surface area contributed by atoms with Crippen molar-refractivity contribution in [2.24, 2.45) is 5.73 Å². The maximum absolute atomic E-state index is 5.46. The molecule has 1 nitrogen and oxygen atoms in total. The molecule has 2 aromatic heterocycles. The summed E-state index contributed by atoms with van der Waals surface area (Å²) in [5.41, 5.74) is 5.46. The van der Waals surface area contributed by atoms with E-state index in [2.05, 4.69) is 17.5 Å². The Kier molecular flexibility index (Phi) is 1.94. The fraction of sp³-hybridized carbons (Fsp3) is 0.250. The average molecular weight is 183 g/mol. The van der Waals surface area contributed by atoms with Crippen molar-refractivity contribution in [2.45, 2.75) is 6.42 Å². The number of thiophene rings is 2. The Morgan fingerprint density at radius 3 is 3.00 bits per heavy atom. The third-order valence-electron chi connectivity index (χ3n) is 1.58. The predicted octanol–water partition coefficient (Wildman–Crippen LogP) is 2.46. The minimum Gasteiger partial charge on any atom is -0.330 e. The molecule has 58 valence electrons. The molecule has 0 aromatic carbocycles. The van der Waals surface area contributed by atoms with Crippen molar-refractivity contribution in [1.82, 2.24) is 0 Å². The van der Waals surface area contributed by atoms with Crippen molar-refractivity contribution in [1.29, 1.82) is 0 Å². The Bertz CT molecular complexity index is 319. The first-order valence-corrected chi connectivity index (χ1v) is 5.26. The molecule has 0 saturated carbocycles. The molecule has 0 saturated heterocycles. The molecule has 2 heterocycles. The average Bonchev–Trinajstić information content (AvgIpc) is 2.46. The monoisotopic (exact) mass is 183 g/mol. The van der Waals surface area contributed by atoms with Gasteiger partial charge in [0.15, 0.2) is 0 Å². The van der Waals surface area contributed by atoms with Crippen LogP contribution in [0, 0.1) is 0 Å². The van der Waals surface area contributed by atoms with Gasteiger partial charge in [0, 0.05) is 14.3 Å². The van der Waals surface area contributed by atoms with Crippen molar-refractivity contribution in [3.63, 3.8) is 0 Å². The minimum atomic E-state index is 0.758. The van der Waals surface area contributed by atoms with E-state index in [1.807, 2.05) is 11.3 Å². The van der Waals surface area contributed by atoms with Gasteiger partial charge in [-0.3, -0.25) is 0 Å². The van der Waals surface area contributed by atoms with Gasteiger partial charge in [0.25, 0.3) is 0 Å². The highest BCUT2D eigenvalue weighted by Gasteiger charge is 2.00. The first kappa shape index (κ1) is 7.28. The van der Waals surface area contributed by atoms with E-state index in [-0.39, 0.29) is 0 Å². The van der Waals surface area contributed by atoms with Crippen LogP contribution >= 0.6 is 22.7 Å². The largest absolute Gasteiger partial charge is 0.330 e. The molecule has 0 aliphatic carbocycles. The summed E-state index contributed by atoms with van der Waals surface area (Å²) < 4.78 is 2.80. The number of hydrogen-bond acceptors (Lipinski definition) is 3. The van der Waals surface area contributed by atoms with Crippen LogP contribution in [0.5, 0.6) is 0 Å². The van der Waals surface area contributed by atoms with Gasteiger partial charge >= 0.3 is 0 Å². The molecule has 0 fully saturated rings. The van der Waals surface area contributed by atoms with Crippen LogP contribution in [0.3, 0.4) is 0 Å². The van der Waals surface area contributed by atoms with Gasteiger partial charge in [-0.15, -0.1) is 22.7 Å². The standard InChI is InChI=1S/C8H9NS2/c9-3-1-6-5-8-7(11-6)2-4-10-8/h2,4-5H,1,3,9H2. The van der Waals surface area contributed by atoms with Gasteiger partial charge in [0.05, 0.1) is 0 Å². The zero-order chi connectivity index (χ0) is 7.68. The number of fused-ring (bicyclic) bond motifs is 1. The molecule has 2 aromatic rings. The molecule has 0 bridgehead atoms. The fourth-order valence-electron chi connectivity index (χ4n) is 1.08. The molecule has 3 heteroatoms. The summed E-state index contributed by atoms with van der Waals surface area (Å²) >= 11 is 3.66. The van der Waals surface area contributed by atoms with E-state index in [0.29, 0.717) is 0 Å². The number of rotatable bonds is 2.